The van der Waals surface area contributed by atoms with Crippen LogP contribution in [0.25, 0.3) is 0 Å². The molecular weight excluding hydrogens is 929 g/mol. The van der Waals surface area contributed by atoms with E-state index in [2.05, 4.69) is 68.3 Å². The minimum atomic E-state index is 0. The summed E-state index contributed by atoms with van der Waals surface area (Å²) >= 11 is 7.14. The van der Waals surface area contributed by atoms with Gasteiger partial charge in [0, 0.05) is 49.2 Å². The Labute approximate surface area is 269 Å². The van der Waals surface area contributed by atoms with Gasteiger partial charge in [0.15, 0.2) is 0 Å². The predicted octanol–water partition coefficient (Wildman–Crippen LogP) is 13.0. The van der Waals surface area contributed by atoms with Gasteiger partial charge < -0.3 is 0 Å². The van der Waals surface area contributed by atoms with Crippen molar-refractivity contribution >= 4 is 31.9 Å². The molecule has 0 saturated heterocycles. The van der Waals surface area contributed by atoms with Crippen molar-refractivity contribution in [3.8, 4) is 0 Å². The quantitative estimate of drug-likeness (QED) is 0.212. The standard InChI is InChI=1S/C8H12Br2.3C8H14.2Ir/c9-7-5-3-1-2-4-6-8(7)10;3*1-2-4-6-8-7-5-3-1;;/h1-6H2;3*1-2H,3-8H2;;/b8-7-;3*2-1-;;. The van der Waals surface area contributed by atoms with Gasteiger partial charge in [0.05, 0.1) is 0 Å². The zero-order valence-corrected chi connectivity index (χ0v) is 30.8. The van der Waals surface area contributed by atoms with Crippen molar-refractivity contribution < 1.29 is 40.2 Å². The Kier molecular flexibility index (Phi) is 35.5. The second kappa shape index (κ2) is 32.4. The van der Waals surface area contributed by atoms with Crippen LogP contribution in [0.1, 0.15) is 154 Å². The van der Waals surface area contributed by atoms with Crippen LogP contribution in [0.2, 0.25) is 0 Å². The molecular formula is C32H54Br2Ir2. The third kappa shape index (κ3) is 28.2. The first-order chi connectivity index (χ1) is 16.8. The molecule has 0 saturated carbocycles. The molecule has 4 rings (SSSR count). The number of hydrogen-bond donors (Lipinski definition) is 0. The molecule has 214 valence electrons. The van der Waals surface area contributed by atoms with E-state index in [1.807, 2.05) is 0 Å². The Balaban J connectivity index is 0. The maximum Gasteiger partial charge on any atom is 0.00518 e. The Morgan fingerprint density at radius 1 is 0.306 bits per heavy atom. The first kappa shape index (κ1) is 39.4. The first-order valence-electron chi connectivity index (χ1n) is 14.8. The number of rotatable bonds is 0. The van der Waals surface area contributed by atoms with E-state index in [-0.39, 0.29) is 40.2 Å². The van der Waals surface area contributed by atoms with Gasteiger partial charge in [-0.1, -0.05) is 120 Å². The third-order valence-electron chi connectivity index (χ3n) is 6.81. The van der Waals surface area contributed by atoms with Gasteiger partial charge in [0.2, 0.25) is 0 Å². The molecule has 4 aliphatic rings. The number of allylic oxidation sites excluding steroid dienone is 8. The van der Waals surface area contributed by atoms with E-state index >= 15 is 0 Å². The SMILES string of the molecule is Br/C1=C(\Br)CCCCCC1.C1=C\CCCCCC/1.C1=C\CCCCCC/1.C1=C\CCCCCC/1.[Ir].[Ir]. The Hall–Kier alpha value is 1.22. The molecule has 0 amide bonds. The minimum absolute atomic E-state index is 0. The zero-order valence-electron chi connectivity index (χ0n) is 22.9. The van der Waals surface area contributed by atoms with E-state index in [9.17, 15) is 0 Å². The van der Waals surface area contributed by atoms with Crippen LogP contribution in [-0.2, 0) is 40.2 Å². The molecule has 0 fully saturated rings. The van der Waals surface area contributed by atoms with Crippen molar-refractivity contribution in [1.29, 1.82) is 0 Å². The normalized spacial score (nSPS) is 25.5. The van der Waals surface area contributed by atoms with Crippen LogP contribution in [0.4, 0.5) is 0 Å². The monoisotopic (exact) mass is 982 g/mol. The summed E-state index contributed by atoms with van der Waals surface area (Å²) in [6, 6.07) is 0. The maximum absolute atomic E-state index is 3.57. The van der Waals surface area contributed by atoms with Crippen LogP contribution in [0.15, 0.2) is 45.4 Å². The molecule has 0 atom stereocenters. The summed E-state index contributed by atoms with van der Waals surface area (Å²) in [5.41, 5.74) is 0. The second-order valence-corrected chi connectivity index (χ2v) is 12.0. The first-order valence-corrected chi connectivity index (χ1v) is 16.4. The Morgan fingerprint density at radius 3 is 0.722 bits per heavy atom. The smallest absolute Gasteiger partial charge is 0.00518 e. The molecule has 0 aromatic rings. The van der Waals surface area contributed by atoms with Crippen LogP contribution >= 0.6 is 31.9 Å². The molecule has 0 unspecified atom stereocenters. The van der Waals surface area contributed by atoms with E-state index in [0.717, 1.165) is 0 Å². The van der Waals surface area contributed by atoms with E-state index in [4.69, 9.17) is 0 Å². The van der Waals surface area contributed by atoms with Crippen LogP contribution in [-0.4, -0.2) is 0 Å². The van der Waals surface area contributed by atoms with E-state index < -0.39 is 0 Å². The summed E-state index contributed by atoms with van der Waals surface area (Å²) in [4.78, 5) is 0. The van der Waals surface area contributed by atoms with Crippen molar-refractivity contribution in [3.05, 3.63) is 45.4 Å². The fraction of sp³-hybridized carbons (Fsp3) is 0.750. The molecule has 4 heteroatoms. The molecule has 0 bridgehead atoms. The molecule has 0 heterocycles. The largest absolute Gasteiger partial charge is 0.0885 e. The molecule has 4 aliphatic carbocycles. The summed E-state index contributed by atoms with van der Waals surface area (Å²) in [5, 5.41) is 0. The van der Waals surface area contributed by atoms with Gasteiger partial charge in [-0.2, -0.15) is 0 Å². The summed E-state index contributed by atoms with van der Waals surface area (Å²) in [6.45, 7) is 0. The Bertz CT molecular complexity index is 468. The predicted molar refractivity (Wildman–Crippen MR) is 163 cm³/mol. The molecule has 0 nitrogen and oxygen atoms in total. The van der Waals surface area contributed by atoms with E-state index in [1.165, 1.54) is 163 Å². The molecule has 2 radical (unpaired) electrons. The second-order valence-electron chi connectivity index (χ2n) is 10.1. The fourth-order valence-corrected chi connectivity index (χ4v) is 5.48. The molecule has 0 N–H and O–H groups in total. The molecule has 0 aromatic heterocycles. The topological polar surface area (TPSA) is 0 Å². The maximum atomic E-state index is 3.57. The van der Waals surface area contributed by atoms with Gasteiger partial charge >= 0.3 is 0 Å². The molecule has 0 aliphatic heterocycles. The minimum Gasteiger partial charge on any atom is -0.0885 e. The van der Waals surface area contributed by atoms with Crippen LogP contribution in [0.5, 0.6) is 0 Å². The third-order valence-corrected chi connectivity index (χ3v) is 9.09. The molecule has 0 aromatic carbocycles. The van der Waals surface area contributed by atoms with Gasteiger partial charge in [0.25, 0.3) is 0 Å². The van der Waals surface area contributed by atoms with Crippen molar-refractivity contribution in [1.82, 2.24) is 0 Å². The average Bonchev–Trinajstić information content (AvgIpc) is 2.75. The van der Waals surface area contributed by atoms with Gasteiger partial charge in [0.1, 0.15) is 0 Å². The van der Waals surface area contributed by atoms with Gasteiger partial charge in [-0.3, -0.25) is 0 Å². The average molecular weight is 983 g/mol. The summed E-state index contributed by atoms with van der Waals surface area (Å²) in [7, 11) is 0. The molecule has 36 heavy (non-hydrogen) atoms. The Morgan fingerprint density at radius 2 is 0.500 bits per heavy atom. The van der Waals surface area contributed by atoms with Crippen molar-refractivity contribution in [2.45, 2.75) is 154 Å². The van der Waals surface area contributed by atoms with Crippen LogP contribution in [0.3, 0.4) is 0 Å². The van der Waals surface area contributed by atoms with Crippen LogP contribution in [0, 0.1) is 0 Å². The van der Waals surface area contributed by atoms with Crippen molar-refractivity contribution in [2.75, 3.05) is 0 Å². The molecule has 0 spiro atoms. The van der Waals surface area contributed by atoms with E-state index in [0.29, 0.717) is 0 Å². The summed E-state index contributed by atoms with van der Waals surface area (Å²) in [6.07, 6.45) is 46.9. The summed E-state index contributed by atoms with van der Waals surface area (Å²) < 4.78 is 2.76. The van der Waals surface area contributed by atoms with Crippen molar-refractivity contribution in [3.63, 3.8) is 0 Å². The number of halogens is 2. The summed E-state index contributed by atoms with van der Waals surface area (Å²) in [5.74, 6) is 0. The van der Waals surface area contributed by atoms with E-state index in [1.54, 1.807) is 0 Å². The fourth-order valence-electron chi connectivity index (χ4n) is 4.53. The van der Waals surface area contributed by atoms with Gasteiger partial charge in [-0.15, -0.1) is 0 Å². The zero-order chi connectivity index (χ0) is 24.4. The van der Waals surface area contributed by atoms with Gasteiger partial charge in [-0.25, -0.2) is 0 Å². The van der Waals surface area contributed by atoms with Gasteiger partial charge in [-0.05, 0) is 103 Å². The van der Waals surface area contributed by atoms with Crippen LogP contribution < -0.4 is 0 Å². The van der Waals surface area contributed by atoms with Crippen molar-refractivity contribution in [2.24, 2.45) is 0 Å². The number of hydrogen-bond acceptors (Lipinski definition) is 0.